The molecule has 0 saturated heterocycles. The van der Waals surface area contributed by atoms with Crippen LogP contribution in [0.3, 0.4) is 0 Å². The second-order valence-corrected chi connectivity index (χ2v) is 13.2. The molecule has 0 amide bonds. The van der Waals surface area contributed by atoms with Crippen molar-refractivity contribution in [3.05, 3.63) is 188 Å². The number of benzene rings is 8. The molecule has 0 aliphatic heterocycles. The van der Waals surface area contributed by atoms with E-state index in [1.807, 2.05) is 48.5 Å². The van der Waals surface area contributed by atoms with Gasteiger partial charge in [0.15, 0.2) is 17.5 Å². The standard InChI is InChI=1S/C49H31N3O/c1-3-12-32(13-4-1)33-24-26-36(27-25-33)48-50-47(35-15-5-2-6-16-35)51-49(52-48)42-22-11-23-45-46(42)43-31-38(28-29-44(43)53-45)37-18-9-19-39(30-37)41-21-10-17-34-14-7-8-20-40(34)41/h1-31H. The van der Waals surface area contributed by atoms with Gasteiger partial charge in [0.2, 0.25) is 0 Å². The third-order valence-electron chi connectivity index (χ3n) is 9.95. The molecule has 0 atom stereocenters. The number of nitrogens with zero attached hydrogens (tertiary/aromatic N) is 3. The van der Waals surface area contributed by atoms with Crippen LogP contribution in [-0.2, 0) is 0 Å². The molecule has 4 nitrogen and oxygen atoms in total. The Morgan fingerprint density at radius 3 is 1.64 bits per heavy atom. The summed E-state index contributed by atoms with van der Waals surface area (Å²) in [5.74, 6) is 1.83. The Bertz CT molecular complexity index is 2930. The first-order chi connectivity index (χ1) is 26.2. The molecule has 10 rings (SSSR count). The third-order valence-corrected chi connectivity index (χ3v) is 9.95. The molecule has 0 spiro atoms. The molecule has 0 radical (unpaired) electrons. The SMILES string of the molecule is c1ccc(-c2ccc(-c3nc(-c4ccccc4)nc(-c4cccc5oc6ccc(-c7cccc(-c8cccc9ccccc89)c7)cc6c45)n3)cc2)cc1. The van der Waals surface area contributed by atoms with Gasteiger partial charge in [-0.1, -0.05) is 164 Å². The van der Waals surface area contributed by atoms with Gasteiger partial charge in [-0.25, -0.2) is 15.0 Å². The Hall–Kier alpha value is -7.17. The van der Waals surface area contributed by atoms with Crippen LogP contribution in [0.2, 0.25) is 0 Å². The Morgan fingerprint density at radius 2 is 0.830 bits per heavy atom. The molecule has 248 valence electrons. The topological polar surface area (TPSA) is 51.8 Å². The second-order valence-electron chi connectivity index (χ2n) is 13.2. The maximum absolute atomic E-state index is 6.46. The molecule has 4 heteroatoms. The minimum Gasteiger partial charge on any atom is -0.456 e. The smallest absolute Gasteiger partial charge is 0.164 e. The lowest BCUT2D eigenvalue weighted by molar-refractivity contribution is 0.669. The summed E-state index contributed by atoms with van der Waals surface area (Å²) in [4.78, 5) is 15.2. The quantitative estimate of drug-likeness (QED) is 0.176. The maximum atomic E-state index is 6.46. The summed E-state index contributed by atoms with van der Waals surface area (Å²) in [6, 6.07) is 65.3. The van der Waals surface area contributed by atoms with Gasteiger partial charge in [-0.05, 0) is 68.4 Å². The molecule has 2 aromatic heterocycles. The highest BCUT2D eigenvalue weighted by molar-refractivity contribution is 6.13. The summed E-state index contributed by atoms with van der Waals surface area (Å²) in [6.07, 6.45) is 0. The van der Waals surface area contributed by atoms with Gasteiger partial charge in [0.25, 0.3) is 0 Å². The zero-order valence-corrected chi connectivity index (χ0v) is 28.6. The van der Waals surface area contributed by atoms with Crippen molar-refractivity contribution in [1.29, 1.82) is 0 Å². The van der Waals surface area contributed by atoms with E-state index < -0.39 is 0 Å². The zero-order chi connectivity index (χ0) is 35.1. The van der Waals surface area contributed by atoms with Gasteiger partial charge in [-0.15, -0.1) is 0 Å². The van der Waals surface area contributed by atoms with E-state index in [0.29, 0.717) is 17.5 Å². The highest BCUT2D eigenvalue weighted by atomic mass is 16.3. The van der Waals surface area contributed by atoms with Gasteiger partial charge in [0.05, 0.1) is 0 Å². The average Bonchev–Trinajstić information content (AvgIpc) is 3.62. The Kier molecular flexibility index (Phi) is 7.43. The molecule has 0 N–H and O–H groups in total. The Balaban J connectivity index is 1.11. The molecule has 0 saturated carbocycles. The van der Waals surface area contributed by atoms with E-state index in [1.165, 1.54) is 27.5 Å². The van der Waals surface area contributed by atoms with Crippen LogP contribution in [0.25, 0.3) is 100 Å². The zero-order valence-electron chi connectivity index (χ0n) is 28.6. The van der Waals surface area contributed by atoms with Gasteiger partial charge < -0.3 is 4.42 Å². The summed E-state index contributed by atoms with van der Waals surface area (Å²) in [7, 11) is 0. The molecule has 8 aromatic carbocycles. The van der Waals surface area contributed by atoms with E-state index in [4.69, 9.17) is 19.4 Å². The van der Waals surface area contributed by atoms with E-state index in [0.717, 1.165) is 55.3 Å². The summed E-state index contributed by atoms with van der Waals surface area (Å²) in [5, 5.41) is 4.46. The Labute approximate surface area is 306 Å². The van der Waals surface area contributed by atoms with Gasteiger partial charge in [0, 0.05) is 27.5 Å². The van der Waals surface area contributed by atoms with E-state index in [1.54, 1.807) is 0 Å². The minimum atomic E-state index is 0.595. The molecular weight excluding hydrogens is 647 g/mol. The molecule has 0 fully saturated rings. The van der Waals surface area contributed by atoms with Crippen molar-refractivity contribution in [3.63, 3.8) is 0 Å². The summed E-state index contributed by atoms with van der Waals surface area (Å²) in [5.41, 5.74) is 11.3. The highest BCUT2D eigenvalue weighted by Crippen LogP contribution is 2.39. The van der Waals surface area contributed by atoms with Crippen molar-refractivity contribution in [3.8, 4) is 67.5 Å². The molecular formula is C49H31N3O. The minimum absolute atomic E-state index is 0.595. The fourth-order valence-electron chi connectivity index (χ4n) is 7.32. The van der Waals surface area contributed by atoms with Crippen molar-refractivity contribution in [2.24, 2.45) is 0 Å². The normalized spacial score (nSPS) is 11.4. The van der Waals surface area contributed by atoms with E-state index >= 15 is 0 Å². The van der Waals surface area contributed by atoms with Crippen molar-refractivity contribution in [1.82, 2.24) is 15.0 Å². The van der Waals surface area contributed by atoms with E-state index in [-0.39, 0.29) is 0 Å². The lowest BCUT2D eigenvalue weighted by atomic mass is 9.94. The first kappa shape index (κ1) is 30.6. The summed E-state index contributed by atoms with van der Waals surface area (Å²) in [6.45, 7) is 0. The lowest BCUT2D eigenvalue weighted by Gasteiger charge is -2.10. The van der Waals surface area contributed by atoms with Gasteiger partial charge in [-0.2, -0.15) is 0 Å². The molecule has 0 bridgehead atoms. The van der Waals surface area contributed by atoms with Crippen LogP contribution in [0.1, 0.15) is 0 Å². The first-order valence-corrected chi connectivity index (χ1v) is 17.8. The van der Waals surface area contributed by atoms with Crippen LogP contribution in [-0.4, -0.2) is 15.0 Å². The van der Waals surface area contributed by atoms with Gasteiger partial charge >= 0.3 is 0 Å². The van der Waals surface area contributed by atoms with Crippen LogP contribution in [0, 0.1) is 0 Å². The van der Waals surface area contributed by atoms with Crippen LogP contribution in [0.5, 0.6) is 0 Å². The van der Waals surface area contributed by atoms with Crippen LogP contribution >= 0.6 is 0 Å². The molecule has 0 unspecified atom stereocenters. The molecule has 0 aliphatic rings. The van der Waals surface area contributed by atoms with Gasteiger partial charge in [-0.3, -0.25) is 0 Å². The number of hydrogen-bond acceptors (Lipinski definition) is 4. The first-order valence-electron chi connectivity index (χ1n) is 17.8. The summed E-state index contributed by atoms with van der Waals surface area (Å²) >= 11 is 0. The number of fused-ring (bicyclic) bond motifs is 4. The van der Waals surface area contributed by atoms with Crippen molar-refractivity contribution < 1.29 is 4.42 Å². The van der Waals surface area contributed by atoms with Crippen LogP contribution < -0.4 is 0 Å². The van der Waals surface area contributed by atoms with Crippen LogP contribution in [0.15, 0.2) is 192 Å². The fourth-order valence-corrected chi connectivity index (χ4v) is 7.32. The predicted molar refractivity (Wildman–Crippen MR) is 217 cm³/mol. The molecule has 53 heavy (non-hydrogen) atoms. The Morgan fingerprint density at radius 1 is 0.302 bits per heavy atom. The summed E-state index contributed by atoms with van der Waals surface area (Å²) < 4.78 is 6.46. The second kappa shape index (κ2) is 12.9. The number of aromatic nitrogens is 3. The number of hydrogen-bond donors (Lipinski definition) is 0. The van der Waals surface area contributed by atoms with Crippen molar-refractivity contribution in [2.45, 2.75) is 0 Å². The lowest BCUT2D eigenvalue weighted by Crippen LogP contribution is -2.00. The average molecular weight is 678 g/mol. The van der Waals surface area contributed by atoms with Crippen LogP contribution in [0.4, 0.5) is 0 Å². The fraction of sp³-hybridized carbons (Fsp3) is 0. The number of rotatable bonds is 6. The van der Waals surface area contributed by atoms with Crippen molar-refractivity contribution >= 4 is 32.7 Å². The maximum Gasteiger partial charge on any atom is 0.164 e. The number of furan rings is 1. The highest BCUT2D eigenvalue weighted by Gasteiger charge is 2.19. The molecule has 2 heterocycles. The molecule has 0 aliphatic carbocycles. The molecule has 10 aromatic rings. The monoisotopic (exact) mass is 677 g/mol. The third kappa shape index (κ3) is 5.63. The predicted octanol–water partition coefficient (Wildman–Crippen LogP) is 12.9. The van der Waals surface area contributed by atoms with Crippen molar-refractivity contribution in [2.75, 3.05) is 0 Å². The van der Waals surface area contributed by atoms with Gasteiger partial charge in [0.1, 0.15) is 11.2 Å². The largest absolute Gasteiger partial charge is 0.456 e. The van der Waals surface area contributed by atoms with E-state index in [9.17, 15) is 0 Å². The van der Waals surface area contributed by atoms with E-state index in [2.05, 4.69) is 140 Å².